The summed E-state index contributed by atoms with van der Waals surface area (Å²) in [7, 11) is 5.33. The molecule has 0 saturated heterocycles. The molecule has 1 unspecified atom stereocenters. The van der Waals surface area contributed by atoms with E-state index in [-0.39, 0.29) is 17.4 Å². The van der Waals surface area contributed by atoms with E-state index in [4.69, 9.17) is 9.47 Å². The van der Waals surface area contributed by atoms with E-state index in [1.54, 1.807) is 14.2 Å². The third kappa shape index (κ3) is 2.77. The van der Waals surface area contributed by atoms with Gasteiger partial charge in [-0.3, -0.25) is 9.48 Å². The highest BCUT2D eigenvalue weighted by Crippen LogP contribution is 2.39. The second-order valence-electron chi connectivity index (χ2n) is 6.56. The molecule has 1 saturated carbocycles. The number of hydrogen-bond donors (Lipinski definition) is 0. The van der Waals surface area contributed by atoms with Gasteiger partial charge in [-0.2, -0.15) is 5.10 Å². The zero-order chi connectivity index (χ0) is 15.7. The number of rotatable bonds is 5. The normalized spacial score (nSPS) is 23.0. The van der Waals surface area contributed by atoms with Gasteiger partial charge < -0.3 is 14.4 Å². The maximum absolute atomic E-state index is 12.7. The topological polar surface area (TPSA) is 56.6 Å². The second-order valence-corrected chi connectivity index (χ2v) is 6.56. The quantitative estimate of drug-likeness (QED) is 0.826. The van der Waals surface area contributed by atoms with E-state index >= 15 is 0 Å². The van der Waals surface area contributed by atoms with Crippen LogP contribution in [0.2, 0.25) is 0 Å². The van der Waals surface area contributed by atoms with Gasteiger partial charge in [-0.1, -0.05) is 0 Å². The summed E-state index contributed by atoms with van der Waals surface area (Å²) in [6, 6.07) is 0. The van der Waals surface area contributed by atoms with Crippen LogP contribution in [0.3, 0.4) is 0 Å². The molecule has 0 bridgehead atoms. The predicted molar refractivity (Wildman–Crippen MR) is 81.5 cm³/mol. The van der Waals surface area contributed by atoms with Crippen LogP contribution >= 0.6 is 0 Å². The van der Waals surface area contributed by atoms with Gasteiger partial charge in [-0.15, -0.1) is 0 Å². The predicted octanol–water partition coefficient (Wildman–Crippen LogP) is 1.45. The van der Waals surface area contributed by atoms with Crippen LogP contribution in [0.25, 0.3) is 0 Å². The van der Waals surface area contributed by atoms with Crippen molar-refractivity contribution in [3.63, 3.8) is 0 Å². The number of amides is 1. The van der Waals surface area contributed by atoms with Gasteiger partial charge in [0.05, 0.1) is 24.3 Å². The lowest BCUT2D eigenvalue weighted by Gasteiger charge is -2.42. The summed E-state index contributed by atoms with van der Waals surface area (Å²) in [5.74, 6) is 0.330. The van der Waals surface area contributed by atoms with Crippen LogP contribution in [0.15, 0.2) is 6.20 Å². The van der Waals surface area contributed by atoms with Crippen LogP contribution in [0.4, 0.5) is 0 Å². The first-order chi connectivity index (χ1) is 10.6. The van der Waals surface area contributed by atoms with Gasteiger partial charge in [0, 0.05) is 52.0 Å². The molecule has 3 rings (SSSR count). The fraction of sp³-hybridized carbons (Fsp3) is 0.750. The summed E-state index contributed by atoms with van der Waals surface area (Å²) in [5.41, 5.74) is 1.98. The van der Waals surface area contributed by atoms with E-state index in [0.29, 0.717) is 26.1 Å². The summed E-state index contributed by atoms with van der Waals surface area (Å²) < 4.78 is 12.7. The lowest BCUT2D eigenvalue weighted by Crippen LogP contribution is -2.47. The molecule has 6 nitrogen and oxygen atoms in total. The first-order valence-corrected chi connectivity index (χ1v) is 7.91. The van der Waals surface area contributed by atoms with Crippen molar-refractivity contribution in [2.75, 3.05) is 27.4 Å². The average molecular weight is 307 g/mol. The molecule has 1 amide bonds. The minimum absolute atomic E-state index is 0.152. The summed E-state index contributed by atoms with van der Waals surface area (Å²) in [6.07, 6.45) is 5.62. The SMILES string of the molecule is COCC1CN(C(=O)CC2(OC)CCC2)Cc2cn(C)nc21. The van der Waals surface area contributed by atoms with Crippen molar-refractivity contribution in [3.05, 3.63) is 17.5 Å². The molecular formula is C16H25N3O3. The third-order valence-corrected chi connectivity index (χ3v) is 5.02. The van der Waals surface area contributed by atoms with Crippen molar-refractivity contribution in [1.29, 1.82) is 0 Å². The molecule has 122 valence electrons. The van der Waals surface area contributed by atoms with Gasteiger partial charge in [-0.05, 0) is 19.3 Å². The zero-order valence-corrected chi connectivity index (χ0v) is 13.7. The van der Waals surface area contributed by atoms with Crippen LogP contribution in [0.1, 0.15) is 42.9 Å². The van der Waals surface area contributed by atoms with E-state index in [9.17, 15) is 4.79 Å². The monoisotopic (exact) mass is 307 g/mol. The highest BCUT2D eigenvalue weighted by atomic mass is 16.5. The lowest BCUT2D eigenvalue weighted by molar-refractivity contribution is -0.145. The maximum atomic E-state index is 12.7. The van der Waals surface area contributed by atoms with Crippen LogP contribution in [-0.2, 0) is 27.9 Å². The number of carbonyl (C=O) groups is 1. The number of carbonyl (C=O) groups excluding carboxylic acids is 1. The van der Waals surface area contributed by atoms with E-state index in [0.717, 1.165) is 30.5 Å². The van der Waals surface area contributed by atoms with Crippen molar-refractivity contribution in [2.24, 2.45) is 7.05 Å². The smallest absolute Gasteiger partial charge is 0.225 e. The highest BCUT2D eigenvalue weighted by molar-refractivity contribution is 5.78. The van der Waals surface area contributed by atoms with E-state index < -0.39 is 0 Å². The Morgan fingerprint density at radius 3 is 2.82 bits per heavy atom. The Balaban J connectivity index is 1.73. The van der Waals surface area contributed by atoms with Crippen LogP contribution in [-0.4, -0.2) is 53.6 Å². The Morgan fingerprint density at radius 2 is 2.23 bits per heavy atom. The maximum Gasteiger partial charge on any atom is 0.225 e. The van der Waals surface area contributed by atoms with Crippen molar-refractivity contribution >= 4 is 5.91 Å². The number of hydrogen-bond acceptors (Lipinski definition) is 4. The molecular weight excluding hydrogens is 282 g/mol. The molecule has 1 aromatic heterocycles. The third-order valence-electron chi connectivity index (χ3n) is 5.02. The summed E-state index contributed by atoms with van der Waals surface area (Å²) in [6.45, 7) is 1.90. The fourth-order valence-electron chi connectivity index (χ4n) is 3.58. The number of aromatic nitrogens is 2. The molecule has 0 spiro atoms. The summed E-state index contributed by atoms with van der Waals surface area (Å²) >= 11 is 0. The van der Waals surface area contributed by atoms with Crippen molar-refractivity contribution in [3.8, 4) is 0 Å². The Kier molecular flexibility index (Phi) is 4.23. The first kappa shape index (κ1) is 15.5. The van der Waals surface area contributed by atoms with E-state index in [1.165, 1.54) is 0 Å². The minimum atomic E-state index is -0.219. The molecule has 0 aromatic carbocycles. The minimum Gasteiger partial charge on any atom is -0.384 e. The zero-order valence-electron chi connectivity index (χ0n) is 13.7. The Labute approximate surface area is 131 Å². The van der Waals surface area contributed by atoms with Crippen molar-refractivity contribution in [1.82, 2.24) is 14.7 Å². The fourth-order valence-corrected chi connectivity index (χ4v) is 3.58. The van der Waals surface area contributed by atoms with Gasteiger partial charge in [0.2, 0.25) is 5.91 Å². The van der Waals surface area contributed by atoms with Crippen molar-refractivity contribution in [2.45, 2.75) is 43.7 Å². The lowest BCUT2D eigenvalue weighted by atomic mass is 9.77. The molecule has 2 heterocycles. The Hall–Kier alpha value is -1.40. The molecule has 22 heavy (non-hydrogen) atoms. The molecule has 6 heteroatoms. The average Bonchev–Trinajstić information content (AvgIpc) is 2.83. The van der Waals surface area contributed by atoms with Crippen LogP contribution in [0, 0.1) is 0 Å². The Bertz CT molecular complexity index is 545. The molecule has 1 aliphatic heterocycles. The molecule has 1 aromatic rings. The van der Waals surface area contributed by atoms with Gasteiger partial charge in [0.15, 0.2) is 0 Å². The van der Waals surface area contributed by atoms with Crippen LogP contribution < -0.4 is 0 Å². The van der Waals surface area contributed by atoms with Crippen molar-refractivity contribution < 1.29 is 14.3 Å². The largest absolute Gasteiger partial charge is 0.384 e. The van der Waals surface area contributed by atoms with Gasteiger partial charge >= 0.3 is 0 Å². The highest BCUT2D eigenvalue weighted by Gasteiger charge is 2.41. The van der Waals surface area contributed by atoms with Gasteiger partial charge in [0.25, 0.3) is 0 Å². The number of ether oxygens (including phenoxy) is 2. The summed E-state index contributed by atoms with van der Waals surface area (Å²) in [4.78, 5) is 14.6. The van der Waals surface area contributed by atoms with Crippen LogP contribution in [0.5, 0.6) is 0 Å². The number of methoxy groups -OCH3 is 2. The van der Waals surface area contributed by atoms with E-state index in [1.807, 2.05) is 22.8 Å². The Morgan fingerprint density at radius 1 is 1.45 bits per heavy atom. The second kappa shape index (κ2) is 6.01. The van der Waals surface area contributed by atoms with Gasteiger partial charge in [-0.25, -0.2) is 0 Å². The molecule has 1 atom stereocenters. The molecule has 0 N–H and O–H groups in total. The van der Waals surface area contributed by atoms with E-state index in [2.05, 4.69) is 5.10 Å². The summed E-state index contributed by atoms with van der Waals surface area (Å²) in [5, 5.41) is 4.54. The molecule has 1 fully saturated rings. The standard InChI is InChI=1S/C16H25N3O3/c1-18-8-12-9-19(10-13(11-21-2)15(12)17-18)14(20)7-16(22-3)5-4-6-16/h8,13H,4-7,9-11H2,1-3H3. The van der Waals surface area contributed by atoms with Gasteiger partial charge in [0.1, 0.15) is 0 Å². The number of fused-ring (bicyclic) bond motifs is 1. The first-order valence-electron chi connectivity index (χ1n) is 7.91. The molecule has 1 aliphatic carbocycles. The molecule has 0 radical (unpaired) electrons. The molecule has 2 aliphatic rings. The number of nitrogens with zero attached hydrogens (tertiary/aromatic N) is 3. The number of aryl methyl sites for hydroxylation is 1.